The third kappa shape index (κ3) is 87.6. The van der Waals surface area contributed by atoms with Crippen molar-refractivity contribution in [3.8, 4) is 0 Å². The Morgan fingerprint density at radius 1 is 0.257 bits per heavy atom. The largest absolute Gasteiger partial charge is 0.472 e. The van der Waals surface area contributed by atoms with Crippen LogP contribution < -0.4 is 0 Å². The summed E-state index contributed by atoms with van der Waals surface area (Å²) in [7, 11) is -9.82. The second kappa shape index (κ2) is 86.3. The van der Waals surface area contributed by atoms with E-state index in [-0.39, 0.29) is 19.3 Å². The first-order valence-electron chi connectivity index (χ1n) is 44.4. The standard InChI is InChI=1S/C95H160O16P2/c1-4-7-10-13-16-19-22-25-28-31-33-35-37-39-41-42-43-44-45-46-48-50-51-53-55-58-60-63-66-69-72-75-78-81-93(98)105-84-90(96)85-107-112(101,102)108-86-91(97)87-109-113(103,104)110-89-92(111-95(100)83-80-77-74-71-68-65-62-57-30-27-24-21-18-15-12-9-6-3)88-106-94(99)82-79-76-73-70-67-64-61-59-56-54-52-49-47-40-38-36-34-32-29-26-23-20-17-14-11-8-5-2/h7,9-10,12,16-21,25-30,33-36,39-41,43-44,47,62,65,90-92,96-97H,4-6,8,11,13-15,22-24,31-32,37-38,42,45-46,48-61,63-64,66-89H2,1-3H3,(H,101,102)(H,103,104)/b10-7-,12-9-,19-16-,20-17-,21-18-,28-25-,29-26-,30-27-,35-33-,36-34-,41-39-,44-43-,47-40-,65-62-. The SMILES string of the molecule is CC/C=C\C/C=C\C/C=C\C/C=C\C/C=C\C/C=C\CCCCCCCCCCCCCCCCC(=O)OCC(O)COP(=O)(O)OCC(O)COP(=O)(O)OCC(COC(=O)CCCCCCCCCCCCC/C=C\C/C=C\C/C=C\C/C=C\CCCCC)OC(=O)CCCCCC/C=C\C/C=C\C/C=C\C/C=C\CC. The molecule has 16 nitrogen and oxygen atoms in total. The molecule has 0 aromatic rings. The fourth-order valence-electron chi connectivity index (χ4n) is 11.7. The molecule has 0 amide bonds. The minimum absolute atomic E-state index is 0.0721. The first-order valence-corrected chi connectivity index (χ1v) is 47.4. The Morgan fingerprint density at radius 3 is 0.743 bits per heavy atom. The fourth-order valence-corrected chi connectivity index (χ4v) is 13.3. The topological polar surface area (TPSA) is 231 Å². The first kappa shape index (κ1) is 108. The van der Waals surface area contributed by atoms with E-state index < -0.39 is 91.5 Å². The van der Waals surface area contributed by atoms with Crippen molar-refractivity contribution in [3.05, 3.63) is 170 Å². The summed E-state index contributed by atoms with van der Waals surface area (Å²) < 4.78 is 61.3. The number of rotatable bonds is 83. The van der Waals surface area contributed by atoms with Crippen LogP contribution >= 0.6 is 15.6 Å². The lowest BCUT2D eigenvalue weighted by atomic mass is 10.0. The number of hydrogen-bond acceptors (Lipinski definition) is 14. The van der Waals surface area contributed by atoms with Crippen molar-refractivity contribution in [3.63, 3.8) is 0 Å². The van der Waals surface area contributed by atoms with Gasteiger partial charge in [-0.25, -0.2) is 9.13 Å². The average molecular weight is 1620 g/mol. The van der Waals surface area contributed by atoms with Crippen molar-refractivity contribution in [2.24, 2.45) is 0 Å². The van der Waals surface area contributed by atoms with Gasteiger partial charge in [0.05, 0.1) is 26.4 Å². The number of ether oxygens (including phenoxy) is 3. The number of unbranched alkanes of at least 4 members (excludes halogenated alkanes) is 32. The molecule has 5 unspecified atom stereocenters. The maximum Gasteiger partial charge on any atom is 0.472 e. The molecule has 0 saturated heterocycles. The zero-order chi connectivity index (χ0) is 82.2. The van der Waals surface area contributed by atoms with Crippen LogP contribution in [0.15, 0.2) is 170 Å². The molecule has 0 heterocycles. The number of carbonyl (C=O) groups is 3. The second-order valence-electron chi connectivity index (χ2n) is 29.3. The van der Waals surface area contributed by atoms with Crippen LogP contribution in [0.2, 0.25) is 0 Å². The molecule has 0 fully saturated rings. The van der Waals surface area contributed by atoms with Gasteiger partial charge in [0.1, 0.15) is 25.4 Å². The number of aliphatic hydroxyl groups is 2. The molecular weight excluding hydrogens is 1460 g/mol. The van der Waals surface area contributed by atoms with E-state index in [1.807, 2.05) is 0 Å². The van der Waals surface area contributed by atoms with Gasteiger partial charge in [-0.2, -0.15) is 0 Å². The summed E-state index contributed by atoms with van der Waals surface area (Å²) in [5, 5.41) is 20.7. The number of carbonyl (C=O) groups excluding carboxylic acids is 3. The van der Waals surface area contributed by atoms with Crippen molar-refractivity contribution >= 4 is 33.6 Å². The number of esters is 3. The molecule has 0 aliphatic rings. The van der Waals surface area contributed by atoms with Crippen LogP contribution in [0.25, 0.3) is 0 Å². The van der Waals surface area contributed by atoms with Gasteiger partial charge in [0, 0.05) is 19.3 Å². The van der Waals surface area contributed by atoms with E-state index >= 15 is 0 Å². The number of allylic oxidation sites excluding steroid dienone is 28. The van der Waals surface area contributed by atoms with Crippen LogP contribution in [0, 0.1) is 0 Å². The molecule has 0 aromatic carbocycles. The number of phosphoric ester groups is 2. The molecule has 18 heteroatoms. The first-order chi connectivity index (χ1) is 55.2. The van der Waals surface area contributed by atoms with Crippen LogP contribution in [-0.4, -0.2) is 95.9 Å². The van der Waals surface area contributed by atoms with Crippen molar-refractivity contribution in [2.75, 3.05) is 39.6 Å². The van der Waals surface area contributed by atoms with Gasteiger partial charge in [-0.15, -0.1) is 0 Å². The van der Waals surface area contributed by atoms with E-state index in [0.29, 0.717) is 19.3 Å². The molecule has 0 bridgehead atoms. The highest BCUT2D eigenvalue weighted by atomic mass is 31.2. The third-order valence-corrected chi connectivity index (χ3v) is 20.3. The lowest BCUT2D eigenvalue weighted by Crippen LogP contribution is -2.30. The van der Waals surface area contributed by atoms with Crippen LogP contribution in [0.4, 0.5) is 0 Å². The second-order valence-corrected chi connectivity index (χ2v) is 32.2. The Balaban J connectivity index is 4.53. The summed E-state index contributed by atoms with van der Waals surface area (Å²) in [5.74, 6) is -1.60. The van der Waals surface area contributed by atoms with Gasteiger partial charge >= 0.3 is 33.6 Å². The van der Waals surface area contributed by atoms with Crippen molar-refractivity contribution in [2.45, 2.75) is 373 Å². The molecule has 0 spiro atoms. The summed E-state index contributed by atoms with van der Waals surface area (Å²) >= 11 is 0. The molecule has 646 valence electrons. The van der Waals surface area contributed by atoms with Crippen molar-refractivity contribution in [1.29, 1.82) is 0 Å². The van der Waals surface area contributed by atoms with Crippen LogP contribution in [0.5, 0.6) is 0 Å². The third-order valence-electron chi connectivity index (χ3n) is 18.4. The highest BCUT2D eigenvalue weighted by molar-refractivity contribution is 7.47. The van der Waals surface area contributed by atoms with Crippen LogP contribution in [0.3, 0.4) is 0 Å². The van der Waals surface area contributed by atoms with Gasteiger partial charge < -0.3 is 34.2 Å². The highest BCUT2D eigenvalue weighted by Gasteiger charge is 2.29. The number of aliphatic hydroxyl groups excluding tert-OH is 2. The van der Waals surface area contributed by atoms with E-state index in [4.69, 9.17) is 32.3 Å². The van der Waals surface area contributed by atoms with E-state index in [9.17, 15) is 43.5 Å². The zero-order valence-corrected chi connectivity index (χ0v) is 72.8. The maximum atomic E-state index is 13.0. The summed E-state index contributed by atoms with van der Waals surface area (Å²) in [5.41, 5.74) is 0. The smallest absolute Gasteiger partial charge is 0.463 e. The van der Waals surface area contributed by atoms with Gasteiger partial charge in [0.2, 0.25) is 0 Å². The Hall–Kier alpha value is -5.09. The monoisotopic (exact) mass is 1620 g/mol. The van der Waals surface area contributed by atoms with Gasteiger partial charge in [0.25, 0.3) is 0 Å². The van der Waals surface area contributed by atoms with Crippen LogP contribution in [-0.2, 0) is 55.8 Å². The zero-order valence-electron chi connectivity index (χ0n) is 71.0. The Kier molecular flexibility index (Phi) is 82.4. The maximum absolute atomic E-state index is 13.0. The van der Waals surface area contributed by atoms with E-state index in [0.717, 1.165) is 167 Å². The van der Waals surface area contributed by atoms with E-state index in [2.05, 4.69) is 191 Å². The molecule has 0 aliphatic heterocycles. The van der Waals surface area contributed by atoms with Crippen molar-refractivity contribution in [1.82, 2.24) is 0 Å². The van der Waals surface area contributed by atoms with E-state index in [1.54, 1.807) is 0 Å². The summed E-state index contributed by atoms with van der Waals surface area (Å²) in [6.07, 6.45) is 111. The average Bonchev–Trinajstić information content (AvgIpc) is 0.900. The van der Waals surface area contributed by atoms with Gasteiger partial charge in [-0.1, -0.05) is 351 Å². The number of hydrogen-bond donors (Lipinski definition) is 4. The molecule has 113 heavy (non-hydrogen) atoms. The van der Waals surface area contributed by atoms with E-state index in [1.165, 1.54) is 128 Å². The molecular formula is C95H160O16P2. The minimum atomic E-state index is -4.95. The van der Waals surface area contributed by atoms with Crippen LogP contribution in [0.1, 0.15) is 355 Å². The summed E-state index contributed by atoms with van der Waals surface area (Å²) in [4.78, 5) is 58.9. The fraction of sp³-hybridized carbons (Fsp3) is 0.674. The van der Waals surface area contributed by atoms with Crippen molar-refractivity contribution < 1.29 is 75.8 Å². The lowest BCUT2D eigenvalue weighted by molar-refractivity contribution is -0.161. The normalized spacial score (nSPS) is 14.6. The Labute approximate surface area is 688 Å². The molecule has 0 aromatic heterocycles. The molecule has 4 N–H and O–H groups in total. The summed E-state index contributed by atoms with van der Waals surface area (Å²) in [6.45, 7) is 2.42. The van der Waals surface area contributed by atoms with Gasteiger partial charge in [0.15, 0.2) is 6.10 Å². The Morgan fingerprint density at radius 2 is 0.469 bits per heavy atom. The molecule has 0 saturated carbocycles. The quantitative estimate of drug-likeness (QED) is 0.0146. The Bertz CT molecular complexity index is 2730. The number of phosphoric acid groups is 2. The lowest BCUT2D eigenvalue weighted by Gasteiger charge is -2.21. The highest BCUT2D eigenvalue weighted by Crippen LogP contribution is 2.45. The van der Waals surface area contributed by atoms with Gasteiger partial charge in [-0.3, -0.25) is 32.5 Å². The predicted molar refractivity (Wildman–Crippen MR) is 472 cm³/mol. The molecule has 5 atom stereocenters. The molecule has 0 radical (unpaired) electrons. The molecule has 0 rings (SSSR count). The minimum Gasteiger partial charge on any atom is -0.463 e. The summed E-state index contributed by atoms with van der Waals surface area (Å²) in [6, 6.07) is 0. The predicted octanol–water partition coefficient (Wildman–Crippen LogP) is 27.1. The van der Waals surface area contributed by atoms with Gasteiger partial charge in [-0.05, 0) is 154 Å². The molecule has 0 aliphatic carbocycles.